The Kier molecular flexibility index (Phi) is 2.27. The highest BCUT2D eigenvalue weighted by Gasteiger charge is 2.51. The highest BCUT2D eigenvalue weighted by molar-refractivity contribution is 5.58. The molecule has 0 amide bonds. The Labute approximate surface area is 104 Å². The molecule has 0 radical (unpaired) electrons. The van der Waals surface area contributed by atoms with Crippen LogP contribution in [0.15, 0.2) is 24.3 Å². The molecule has 0 bridgehead atoms. The van der Waals surface area contributed by atoms with Gasteiger partial charge in [0.15, 0.2) is 0 Å². The van der Waals surface area contributed by atoms with Crippen LogP contribution in [-0.4, -0.2) is 18.6 Å². The second-order valence-corrected chi connectivity index (χ2v) is 6.34. The molecule has 0 unspecified atom stereocenters. The fourth-order valence-corrected chi connectivity index (χ4v) is 3.02. The zero-order valence-corrected chi connectivity index (χ0v) is 10.9. The highest BCUT2D eigenvalue weighted by Crippen LogP contribution is 2.48. The van der Waals surface area contributed by atoms with E-state index in [1.54, 1.807) is 0 Å². The van der Waals surface area contributed by atoms with Crippen LogP contribution in [0.5, 0.6) is 0 Å². The van der Waals surface area contributed by atoms with Gasteiger partial charge in [0.05, 0.1) is 0 Å². The Morgan fingerprint density at radius 2 is 2.00 bits per heavy atom. The fraction of sp³-hybridized carbons (Fsp3) is 0.600. The van der Waals surface area contributed by atoms with Crippen molar-refractivity contribution in [3.63, 3.8) is 0 Å². The van der Waals surface area contributed by atoms with E-state index in [0.29, 0.717) is 0 Å². The smallest absolute Gasteiger partial charge is 0.0399 e. The first-order chi connectivity index (χ1) is 8.02. The summed E-state index contributed by atoms with van der Waals surface area (Å²) in [6.07, 6.45) is 3.56. The summed E-state index contributed by atoms with van der Waals surface area (Å²) >= 11 is 0. The zero-order valence-electron chi connectivity index (χ0n) is 10.9. The topological polar surface area (TPSA) is 29.3 Å². The molecule has 0 aromatic heterocycles. The molecule has 0 spiro atoms. The zero-order chi connectivity index (χ0) is 12.1. The third-order valence-electron chi connectivity index (χ3n) is 4.71. The molecule has 17 heavy (non-hydrogen) atoms. The van der Waals surface area contributed by atoms with Gasteiger partial charge < -0.3 is 10.6 Å². The van der Waals surface area contributed by atoms with Gasteiger partial charge in [0, 0.05) is 29.7 Å². The maximum Gasteiger partial charge on any atom is 0.0399 e. The van der Waals surface area contributed by atoms with Gasteiger partial charge in [-0.2, -0.15) is 0 Å². The molecule has 1 heterocycles. The van der Waals surface area contributed by atoms with Crippen molar-refractivity contribution in [3.05, 3.63) is 29.8 Å². The van der Waals surface area contributed by atoms with Crippen LogP contribution in [0.2, 0.25) is 0 Å². The van der Waals surface area contributed by atoms with Crippen LogP contribution in [0.1, 0.15) is 32.3 Å². The Morgan fingerprint density at radius 3 is 2.71 bits per heavy atom. The van der Waals surface area contributed by atoms with Gasteiger partial charge in [0.25, 0.3) is 0 Å². The number of hydrogen-bond donors (Lipinski definition) is 1. The molecule has 92 valence electrons. The lowest BCUT2D eigenvalue weighted by atomic mass is 9.82. The summed E-state index contributed by atoms with van der Waals surface area (Å²) in [4.78, 5) is 2.52. The number of anilines is 1. The van der Waals surface area contributed by atoms with Gasteiger partial charge in [-0.25, -0.2) is 0 Å². The fourth-order valence-electron chi connectivity index (χ4n) is 3.02. The van der Waals surface area contributed by atoms with Crippen LogP contribution in [-0.2, 0) is 6.42 Å². The average molecular weight is 230 g/mol. The minimum absolute atomic E-state index is 0.0878. The van der Waals surface area contributed by atoms with Crippen molar-refractivity contribution in [2.24, 2.45) is 11.1 Å². The lowest BCUT2D eigenvalue weighted by Crippen LogP contribution is -2.47. The number of nitrogens with zero attached hydrogens (tertiary/aromatic N) is 1. The molecule has 2 N–H and O–H groups in total. The molecule has 3 rings (SSSR count). The first-order valence-electron chi connectivity index (χ1n) is 6.64. The quantitative estimate of drug-likeness (QED) is 0.864. The molecule has 2 nitrogen and oxygen atoms in total. The summed E-state index contributed by atoms with van der Waals surface area (Å²) < 4.78 is 0. The number of para-hydroxylation sites is 1. The minimum atomic E-state index is 0.0878. The second-order valence-electron chi connectivity index (χ2n) is 6.34. The molecule has 2 aliphatic rings. The van der Waals surface area contributed by atoms with E-state index in [0.717, 1.165) is 13.1 Å². The van der Waals surface area contributed by atoms with Gasteiger partial charge in [-0.15, -0.1) is 0 Å². The largest absolute Gasteiger partial charge is 0.370 e. The van der Waals surface area contributed by atoms with E-state index in [1.807, 2.05) is 0 Å². The molecular weight excluding hydrogens is 208 g/mol. The first-order valence-corrected chi connectivity index (χ1v) is 6.64. The second kappa shape index (κ2) is 3.49. The number of nitrogens with two attached hydrogens (primary N) is 1. The Balaban J connectivity index is 1.80. The number of hydrogen-bond acceptors (Lipinski definition) is 2. The van der Waals surface area contributed by atoms with Crippen molar-refractivity contribution in [2.75, 3.05) is 18.0 Å². The maximum absolute atomic E-state index is 6.40. The lowest BCUT2D eigenvalue weighted by Gasteiger charge is -2.37. The Morgan fingerprint density at radius 1 is 1.29 bits per heavy atom. The summed E-state index contributed by atoms with van der Waals surface area (Å²) in [5.41, 5.74) is 9.61. The van der Waals surface area contributed by atoms with Crippen LogP contribution >= 0.6 is 0 Å². The first kappa shape index (κ1) is 11.1. The van der Waals surface area contributed by atoms with Gasteiger partial charge in [-0.1, -0.05) is 32.0 Å². The van der Waals surface area contributed by atoms with E-state index in [2.05, 4.69) is 43.0 Å². The van der Waals surface area contributed by atoms with Crippen LogP contribution in [0.4, 0.5) is 5.69 Å². The number of fused-ring (bicyclic) bond motifs is 1. The van der Waals surface area contributed by atoms with Gasteiger partial charge in [0.1, 0.15) is 0 Å². The van der Waals surface area contributed by atoms with Crippen LogP contribution in [0, 0.1) is 5.41 Å². The summed E-state index contributed by atoms with van der Waals surface area (Å²) in [6.45, 7) is 6.88. The molecule has 2 heteroatoms. The van der Waals surface area contributed by atoms with Crippen molar-refractivity contribution >= 4 is 5.69 Å². The van der Waals surface area contributed by atoms with Gasteiger partial charge in [-0.3, -0.25) is 0 Å². The van der Waals surface area contributed by atoms with Crippen molar-refractivity contribution in [2.45, 2.75) is 38.6 Å². The van der Waals surface area contributed by atoms with Crippen molar-refractivity contribution in [3.8, 4) is 0 Å². The summed E-state index contributed by atoms with van der Waals surface area (Å²) in [6, 6.07) is 8.77. The standard InChI is InChI=1S/C15H22N2/c1-14(2,15(16)8-9-15)11-17-10-7-12-5-3-4-6-13(12)17/h3-6H,7-11,16H2,1-2H3. The molecule has 1 aromatic carbocycles. The van der Waals surface area contributed by atoms with Crippen LogP contribution < -0.4 is 10.6 Å². The predicted octanol–water partition coefficient (Wildman–Crippen LogP) is 2.57. The van der Waals surface area contributed by atoms with Crippen molar-refractivity contribution in [1.82, 2.24) is 0 Å². The molecule has 1 aromatic rings. The molecule has 1 fully saturated rings. The normalized spacial score (nSPS) is 21.5. The number of rotatable bonds is 3. The molecular formula is C15H22N2. The highest BCUT2D eigenvalue weighted by atomic mass is 15.2. The average Bonchev–Trinajstić information content (AvgIpc) is 2.93. The molecule has 1 saturated carbocycles. The third kappa shape index (κ3) is 1.75. The summed E-state index contributed by atoms with van der Waals surface area (Å²) in [5.74, 6) is 0. The van der Waals surface area contributed by atoms with Crippen LogP contribution in [0.25, 0.3) is 0 Å². The van der Waals surface area contributed by atoms with E-state index in [-0.39, 0.29) is 11.0 Å². The van der Waals surface area contributed by atoms with Gasteiger partial charge in [0.2, 0.25) is 0 Å². The Bertz CT molecular complexity index is 432. The maximum atomic E-state index is 6.40. The van der Waals surface area contributed by atoms with Crippen molar-refractivity contribution < 1.29 is 0 Å². The summed E-state index contributed by atoms with van der Waals surface area (Å²) in [5, 5.41) is 0. The van der Waals surface area contributed by atoms with E-state index < -0.39 is 0 Å². The minimum Gasteiger partial charge on any atom is -0.370 e. The van der Waals surface area contributed by atoms with E-state index in [9.17, 15) is 0 Å². The molecule has 0 saturated heterocycles. The predicted molar refractivity (Wildman–Crippen MR) is 72.3 cm³/mol. The molecule has 1 aliphatic heterocycles. The van der Waals surface area contributed by atoms with Gasteiger partial charge in [-0.05, 0) is 30.9 Å². The molecule has 1 aliphatic carbocycles. The van der Waals surface area contributed by atoms with E-state index in [4.69, 9.17) is 5.73 Å². The van der Waals surface area contributed by atoms with Crippen LogP contribution in [0.3, 0.4) is 0 Å². The molecule has 0 atom stereocenters. The van der Waals surface area contributed by atoms with E-state index >= 15 is 0 Å². The monoisotopic (exact) mass is 230 g/mol. The SMILES string of the molecule is CC(C)(CN1CCc2ccccc21)C1(N)CC1. The number of benzene rings is 1. The third-order valence-corrected chi connectivity index (χ3v) is 4.71. The Hall–Kier alpha value is -1.02. The van der Waals surface area contributed by atoms with Crippen molar-refractivity contribution in [1.29, 1.82) is 0 Å². The van der Waals surface area contributed by atoms with Gasteiger partial charge >= 0.3 is 0 Å². The van der Waals surface area contributed by atoms with E-state index in [1.165, 1.54) is 30.5 Å². The summed E-state index contributed by atoms with van der Waals surface area (Å²) in [7, 11) is 0. The lowest BCUT2D eigenvalue weighted by molar-refractivity contribution is 0.271.